The van der Waals surface area contributed by atoms with Gasteiger partial charge in [-0.25, -0.2) is 9.18 Å². The number of thioether (sulfide) groups is 1. The van der Waals surface area contributed by atoms with Crippen molar-refractivity contribution in [3.63, 3.8) is 0 Å². The van der Waals surface area contributed by atoms with Crippen molar-refractivity contribution >= 4 is 23.6 Å². The first kappa shape index (κ1) is 16.5. The number of rotatable bonds is 6. The highest BCUT2D eigenvalue weighted by atomic mass is 32.2. The van der Waals surface area contributed by atoms with Crippen LogP contribution < -0.4 is 5.32 Å². The molecular formula is C13H16FNO4S. The van der Waals surface area contributed by atoms with Gasteiger partial charge in [0.1, 0.15) is 5.82 Å². The van der Waals surface area contributed by atoms with E-state index < -0.39 is 23.3 Å². The fourth-order valence-electron chi connectivity index (χ4n) is 1.56. The van der Waals surface area contributed by atoms with Crippen LogP contribution in [0.3, 0.4) is 0 Å². The Balaban J connectivity index is 2.76. The van der Waals surface area contributed by atoms with Gasteiger partial charge < -0.3 is 15.5 Å². The summed E-state index contributed by atoms with van der Waals surface area (Å²) in [6.07, 6.45) is 1.82. The number of nitrogens with one attached hydrogen (secondary N) is 1. The molecule has 3 N–H and O–H groups in total. The third-order valence-electron chi connectivity index (χ3n) is 2.55. The van der Waals surface area contributed by atoms with E-state index in [0.717, 1.165) is 18.2 Å². The maximum absolute atomic E-state index is 13.6. The molecule has 0 saturated heterocycles. The van der Waals surface area contributed by atoms with Gasteiger partial charge in [0.25, 0.3) is 5.91 Å². The molecular weight excluding hydrogens is 285 g/mol. The van der Waals surface area contributed by atoms with Crippen LogP contribution in [0.4, 0.5) is 4.39 Å². The fourth-order valence-corrected chi connectivity index (χ4v) is 2.28. The topological polar surface area (TPSA) is 86.6 Å². The van der Waals surface area contributed by atoms with Crippen molar-refractivity contribution in [1.82, 2.24) is 5.32 Å². The van der Waals surface area contributed by atoms with Crippen molar-refractivity contribution in [2.75, 3.05) is 18.6 Å². The van der Waals surface area contributed by atoms with E-state index in [0.29, 0.717) is 5.75 Å². The van der Waals surface area contributed by atoms with Gasteiger partial charge in [-0.2, -0.15) is 11.8 Å². The predicted molar refractivity (Wildman–Crippen MR) is 74.7 cm³/mol. The van der Waals surface area contributed by atoms with Gasteiger partial charge in [-0.15, -0.1) is 0 Å². The van der Waals surface area contributed by atoms with Crippen LogP contribution in [0.25, 0.3) is 0 Å². The van der Waals surface area contributed by atoms with E-state index in [-0.39, 0.29) is 17.7 Å². The summed E-state index contributed by atoms with van der Waals surface area (Å²) in [7, 11) is 0. The third-order valence-corrected chi connectivity index (χ3v) is 3.46. The first-order chi connectivity index (χ1) is 9.26. The second kappa shape index (κ2) is 6.71. The lowest BCUT2D eigenvalue weighted by Gasteiger charge is -2.22. The predicted octanol–water partition coefficient (Wildman–Crippen LogP) is 1.37. The van der Waals surface area contributed by atoms with Gasteiger partial charge in [0, 0.05) is 12.3 Å². The Kier molecular flexibility index (Phi) is 5.52. The van der Waals surface area contributed by atoms with Gasteiger partial charge in [0.05, 0.1) is 16.7 Å². The molecule has 0 fully saturated rings. The molecule has 1 unspecified atom stereocenters. The van der Waals surface area contributed by atoms with Crippen molar-refractivity contribution in [3.8, 4) is 0 Å². The largest absolute Gasteiger partial charge is 0.478 e. The Morgan fingerprint density at radius 2 is 2.10 bits per heavy atom. The Morgan fingerprint density at radius 3 is 2.60 bits per heavy atom. The van der Waals surface area contributed by atoms with Crippen molar-refractivity contribution < 1.29 is 24.2 Å². The monoisotopic (exact) mass is 301 g/mol. The van der Waals surface area contributed by atoms with E-state index in [1.54, 1.807) is 6.92 Å². The van der Waals surface area contributed by atoms with E-state index in [1.165, 1.54) is 11.8 Å². The van der Waals surface area contributed by atoms with E-state index >= 15 is 0 Å². The van der Waals surface area contributed by atoms with Crippen LogP contribution in [0.1, 0.15) is 27.6 Å². The number of carbonyl (C=O) groups is 2. The maximum atomic E-state index is 13.6. The number of hydrogen-bond donors (Lipinski definition) is 3. The number of aromatic carboxylic acids is 1. The van der Waals surface area contributed by atoms with E-state index in [2.05, 4.69) is 5.32 Å². The molecule has 0 heterocycles. The zero-order chi connectivity index (χ0) is 15.3. The van der Waals surface area contributed by atoms with Crippen LogP contribution in [-0.4, -0.2) is 46.2 Å². The molecule has 0 aliphatic heterocycles. The summed E-state index contributed by atoms with van der Waals surface area (Å²) < 4.78 is 13.6. The summed E-state index contributed by atoms with van der Waals surface area (Å²) in [5.74, 6) is -2.44. The molecule has 1 atom stereocenters. The number of amides is 1. The molecule has 1 aromatic carbocycles. The summed E-state index contributed by atoms with van der Waals surface area (Å²) in [5, 5.41) is 21.0. The molecule has 0 radical (unpaired) electrons. The second-order valence-electron chi connectivity index (χ2n) is 4.61. The molecule has 0 aliphatic carbocycles. The highest BCUT2D eigenvalue weighted by Crippen LogP contribution is 2.12. The molecule has 0 bridgehead atoms. The number of carboxylic acids is 1. The number of halogens is 1. The normalized spacial score (nSPS) is 13.6. The standard InChI is InChI=1S/C13H16FNO4S/c1-13(19,7-20-2)6-15-11(16)9-4-3-8(12(17)18)5-10(9)14/h3-5,19H,6-7H2,1-2H3,(H,15,16)(H,17,18). The third kappa shape index (κ3) is 4.50. The highest BCUT2D eigenvalue weighted by Gasteiger charge is 2.22. The van der Waals surface area contributed by atoms with E-state index in [4.69, 9.17) is 5.11 Å². The minimum atomic E-state index is -1.27. The fraction of sp³-hybridized carbons (Fsp3) is 0.385. The number of hydrogen-bond acceptors (Lipinski definition) is 4. The van der Waals surface area contributed by atoms with Crippen LogP contribution >= 0.6 is 11.8 Å². The first-order valence-corrected chi connectivity index (χ1v) is 7.18. The minimum Gasteiger partial charge on any atom is -0.478 e. The van der Waals surface area contributed by atoms with Gasteiger partial charge in [0.15, 0.2) is 0 Å². The lowest BCUT2D eigenvalue weighted by Crippen LogP contribution is -2.42. The molecule has 1 aromatic rings. The van der Waals surface area contributed by atoms with E-state index in [1.807, 2.05) is 6.26 Å². The molecule has 5 nitrogen and oxygen atoms in total. The lowest BCUT2D eigenvalue weighted by molar-refractivity contribution is 0.0695. The SMILES string of the molecule is CSCC(C)(O)CNC(=O)c1ccc(C(=O)O)cc1F. The zero-order valence-electron chi connectivity index (χ0n) is 11.1. The quantitative estimate of drug-likeness (QED) is 0.739. The summed E-state index contributed by atoms with van der Waals surface area (Å²) in [4.78, 5) is 22.4. The molecule has 20 heavy (non-hydrogen) atoms. The first-order valence-electron chi connectivity index (χ1n) is 5.79. The van der Waals surface area contributed by atoms with Gasteiger partial charge in [-0.3, -0.25) is 4.79 Å². The van der Waals surface area contributed by atoms with Crippen LogP contribution in [-0.2, 0) is 0 Å². The average molecular weight is 301 g/mol. The molecule has 1 amide bonds. The van der Waals surface area contributed by atoms with Crippen LogP contribution in [0.2, 0.25) is 0 Å². The van der Waals surface area contributed by atoms with Crippen LogP contribution in [0, 0.1) is 5.82 Å². The van der Waals surface area contributed by atoms with Crippen molar-refractivity contribution in [2.45, 2.75) is 12.5 Å². The van der Waals surface area contributed by atoms with Crippen molar-refractivity contribution in [1.29, 1.82) is 0 Å². The van der Waals surface area contributed by atoms with Gasteiger partial charge in [0.2, 0.25) is 0 Å². The van der Waals surface area contributed by atoms with Gasteiger partial charge in [-0.1, -0.05) is 0 Å². The zero-order valence-corrected chi connectivity index (χ0v) is 12.0. The lowest BCUT2D eigenvalue weighted by atomic mass is 10.1. The molecule has 0 aromatic heterocycles. The Morgan fingerprint density at radius 1 is 1.45 bits per heavy atom. The molecule has 1 rings (SSSR count). The van der Waals surface area contributed by atoms with Gasteiger partial charge in [-0.05, 0) is 31.4 Å². The molecule has 0 saturated carbocycles. The summed E-state index contributed by atoms with van der Waals surface area (Å²) in [5.41, 5.74) is -1.57. The maximum Gasteiger partial charge on any atom is 0.335 e. The summed E-state index contributed by atoms with van der Waals surface area (Å²) in [6.45, 7) is 1.54. The number of carbonyl (C=O) groups excluding carboxylic acids is 1. The molecule has 0 aliphatic rings. The number of carboxylic acid groups (broad SMARTS) is 1. The smallest absolute Gasteiger partial charge is 0.335 e. The average Bonchev–Trinajstić information content (AvgIpc) is 2.35. The summed E-state index contributed by atoms with van der Waals surface area (Å²) >= 11 is 1.42. The van der Waals surface area contributed by atoms with Crippen LogP contribution in [0.15, 0.2) is 18.2 Å². The molecule has 0 spiro atoms. The Labute approximate surface area is 120 Å². The van der Waals surface area contributed by atoms with Crippen molar-refractivity contribution in [2.24, 2.45) is 0 Å². The summed E-state index contributed by atoms with van der Waals surface area (Å²) in [6, 6.07) is 3.05. The van der Waals surface area contributed by atoms with Crippen LogP contribution in [0.5, 0.6) is 0 Å². The second-order valence-corrected chi connectivity index (χ2v) is 5.48. The Hall–Kier alpha value is -1.60. The minimum absolute atomic E-state index is 0.0210. The highest BCUT2D eigenvalue weighted by molar-refractivity contribution is 7.98. The number of aliphatic hydroxyl groups is 1. The molecule has 7 heteroatoms. The Bertz CT molecular complexity index is 519. The van der Waals surface area contributed by atoms with Crippen molar-refractivity contribution in [3.05, 3.63) is 35.1 Å². The number of benzene rings is 1. The van der Waals surface area contributed by atoms with E-state index in [9.17, 15) is 19.1 Å². The van der Waals surface area contributed by atoms with Gasteiger partial charge >= 0.3 is 5.97 Å². The molecule has 110 valence electrons.